The highest BCUT2D eigenvalue weighted by Crippen LogP contribution is 2.38. The fourth-order valence-electron chi connectivity index (χ4n) is 2.43. The van der Waals surface area contributed by atoms with Gasteiger partial charge < -0.3 is 14.2 Å². The van der Waals surface area contributed by atoms with Gasteiger partial charge in [0, 0.05) is 11.8 Å². The molecule has 0 aromatic heterocycles. The number of nitrogens with one attached hydrogen (secondary N) is 1. The van der Waals surface area contributed by atoms with Crippen LogP contribution in [0.5, 0.6) is 17.2 Å². The summed E-state index contributed by atoms with van der Waals surface area (Å²) in [5.74, 6) is 1.35. The number of benzene rings is 1. The highest BCUT2D eigenvalue weighted by atomic mass is 16.5. The second-order valence-electron chi connectivity index (χ2n) is 5.18. The molecule has 0 aliphatic heterocycles. The number of allylic oxidation sites excluding steroid dienone is 2. The van der Waals surface area contributed by atoms with Gasteiger partial charge in [-0.1, -0.05) is 12.2 Å². The Balaban J connectivity index is 2.09. The van der Waals surface area contributed by atoms with Crippen molar-refractivity contribution in [3.8, 4) is 17.2 Å². The van der Waals surface area contributed by atoms with Crippen molar-refractivity contribution in [1.82, 2.24) is 5.43 Å². The lowest BCUT2D eigenvalue weighted by molar-refractivity contribution is 0.0954. The maximum atomic E-state index is 12.2. The third-order valence-corrected chi connectivity index (χ3v) is 3.69. The van der Waals surface area contributed by atoms with Crippen molar-refractivity contribution in [2.75, 3.05) is 21.3 Å². The van der Waals surface area contributed by atoms with Gasteiger partial charge in [0.1, 0.15) is 0 Å². The van der Waals surface area contributed by atoms with Crippen LogP contribution in [-0.2, 0) is 0 Å². The van der Waals surface area contributed by atoms with E-state index in [1.54, 1.807) is 18.3 Å². The zero-order valence-electron chi connectivity index (χ0n) is 13.7. The fraction of sp³-hybridized carbons (Fsp3) is 0.412. The molecule has 1 aromatic carbocycles. The van der Waals surface area contributed by atoms with Gasteiger partial charge in [0.05, 0.1) is 21.3 Å². The molecular formula is C17H22N2O4. The number of carbonyl (C=O) groups excluding carboxylic acids is 1. The zero-order valence-corrected chi connectivity index (χ0v) is 13.7. The molecule has 0 radical (unpaired) electrons. The monoisotopic (exact) mass is 318 g/mol. The normalized spacial score (nSPS) is 17.1. The number of amides is 1. The predicted molar refractivity (Wildman–Crippen MR) is 88.5 cm³/mol. The van der Waals surface area contributed by atoms with Gasteiger partial charge in [-0.25, -0.2) is 5.43 Å². The van der Waals surface area contributed by atoms with Crippen molar-refractivity contribution in [2.45, 2.75) is 19.3 Å². The highest BCUT2D eigenvalue weighted by molar-refractivity contribution is 5.95. The van der Waals surface area contributed by atoms with Crippen LogP contribution in [0.2, 0.25) is 0 Å². The minimum Gasteiger partial charge on any atom is -0.493 e. The molecule has 1 amide bonds. The largest absolute Gasteiger partial charge is 0.493 e. The Hall–Kier alpha value is -2.50. The molecular weight excluding hydrogens is 296 g/mol. The van der Waals surface area contributed by atoms with Gasteiger partial charge in [0.2, 0.25) is 5.75 Å². The standard InChI is InChI=1S/C17H22N2O4/c1-21-14-9-13(10-15(22-2)16(14)23-3)17(20)19-18-11-12-7-5-4-6-8-12/h4-5,9-12H,6-8H2,1-3H3,(H,19,20)/b18-11-/t12-/m1/s1. The van der Waals surface area contributed by atoms with Crippen molar-refractivity contribution >= 4 is 12.1 Å². The van der Waals surface area contributed by atoms with Crippen LogP contribution >= 0.6 is 0 Å². The number of hydrogen-bond donors (Lipinski definition) is 1. The second-order valence-corrected chi connectivity index (χ2v) is 5.18. The Morgan fingerprint density at radius 2 is 1.87 bits per heavy atom. The van der Waals surface area contributed by atoms with Gasteiger partial charge in [-0.2, -0.15) is 5.10 Å². The summed E-state index contributed by atoms with van der Waals surface area (Å²) in [6.45, 7) is 0. The lowest BCUT2D eigenvalue weighted by Gasteiger charge is -2.14. The van der Waals surface area contributed by atoms with Gasteiger partial charge in [-0.15, -0.1) is 0 Å². The van der Waals surface area contributed by atoms with Gasteiger partial charge >= 0.3 is 0 Å². The number of nitrogens with zero attached hydrogens (tertiary/aromatic N) is 1. The molecule has 1 atom stereocenters. The summed E-state index contributed by atoms with van der Waals surface area (Å²) in [7, 11) is 4.53. The summed E-state index contributed by atoms with van der Waals surface area (Å²) < 4.78 is 15.7. The molecule has 0 fully saturated rings. The average Bonchev–Trinajstić information content (AvgIpc) is 2.61. The molecule has 0 unspecified atom stereocenters. The zero-order chi connectivity index (χ0) is 16.7. The Morgan fingerprint density at radius 3 is 2.39 bits per heavy atom. The van der Waals surface area contributed by atoms with E-state index in [0.29, 0.717) is 28.7 Å². The molecule has 0 saturated heterocycles. The van der Waals surface area contributed by atoms with Crippen LogP contribution in [0.3, 0.4) is 0 Å². The van der Waals surface area contributed by atoms with E-state index in [1.165, 1.54) is 21.3 Å². The molecule has 0 bridgehead atoms. The fourth-order valence-corrected chi connectivity index (χ4v) is 2.43. The third-order valence-electron chi connectivity index (χ3n) is 3.69. The minimum atomic E-state index is -0.327. The van der Waals surface area contributed by atoms with E-state index < -0.39 is 0 Å². The van der Waals surface area contributed by atoms with Gasteiger partial charge in [-0.3, -0.25) is 4.79 Å². The van der Waals surface area contributed by atoms with Crippen LogP contribution in [-0.4, -0.2) is 33.5 Å². The van der Waals surface area contributed by atoms with Crippen molar-refractivity contribution in [3.63, 3.8) is 0 Å². The topological polar surface area (TPSA) is 69.2 Å². The quantitative estimate of drug-likeness (QED) is 0.497. The van der Waals surface area contributed by atoms with Crippen LogP contribution in [0.25, 0.3) is 0 Å². The van der Waals surface area contributed by atoms with Crippen molar-refractivity contribution in [2.24, 2.45) is 11.0 Å². The molecule has 6 heteroatoms. The first-order valence-corrected chi connectivity index (χ1v) is 7.48. The molecule has 1 aliphatic carbocycles. The molecule has 0 heterocycles. The first kappa shape index (κ1) is 16.9. The summed E-state index contributed by atoms with van der Waals surface area (Å²) in [6.07, 6.45) is 9.17. The molecule has 0 saturated carbocycles. The Kier molecular flexibility index (Phi) is 6.02. The molecule has 23 heavy (non-hydrogen) atoms. The maximum absolute atomic E-state index is 12.2. The number of methoxy groups -OCH3 is 3. The van der Waals surface area contributed by atoms with Crippen LogP contribution in [0, 0.1) is 5.92 Å². The van der Waals surface area contributed by atoms with Crippen molar-refractivity contribution in [3.05, 3.63) is 29.8 Å². The molecule has 0 spiro atoms. The van der Waals surface area contributed by atoms with Crippen LogP contribution in [0.1, 0.15) is 29.6 Å². The molecule has 2 rings (SSSR count). The minimum absolute atomic E-state index is 0.327. The number of hydrogen-bond acceptors (Lipinski definition) is 5. The molecule has 6 nitrogen and oxygen atoms in total. The predicted octanol–water partition coefficient (Wildman–Crippen LogP) is 2.78. The first-order chi connectivity index (χ1) is 11.2. The number of carbonyl (C=O) groups is 1. The van der Waals surface area contributed by atoms with Gasteiger partial charge in [-0.05, 0) is 37.3 Å². The molecule has 1 aromatic rings. The summed E-state index contributed by atoms with van der Waals surface area (Å²) in [4.78, 5) is 12.2. The lowest BCUT2D eigenvalue weighted by atomic mass is 9.96. The first-order valence-electron chi connectivity index (χ1n) is 7.48. The van der Waals surface area contributed by atoms with E-state index in [2.05, 4.69) is 22.7 Å². The summed E-state index contributed by atoms with van der Waals surface area (Å²) in [5, 5.41) is 4.05. The number of rotatable bonds is 6. The Morgan fingerprint density at radius 1 is 1.17 bits per heavy atom. The van der Waals surface area contributed by atoms with Gasteiger partial charge in [0.25, 0.3) is 5.91 Å². The van der Waals surface area contributed by atoms with E-state index in [-0.39, 0.29) is 5.91 Å². The number of hydrazone groups is 1. The van der Waals surface area contributed by atoms with Crippen molar-refractivity contribution in [1.29, 1.82) is 0 Å². The van der Waals surface area contributed by atoms with E-state index in [0.717, 1.165) is 19.3 Å². The molecule has 1 N–H and O–H groups in total. The maximum Gasteiger partial charge on any atom is 0.271 e. The van der Waals surface area contributed by atoms with E-state index in [4.69, 9.17) is 14.2 Å². The lowest BCUT2D eigenvalue weighted by Crippen LogP contribution is -2.19. The summed E-state index contributed by atoms with van der Waals surface area (Å²) in [6, 6.07) is 3.19. The average molecular weight is 318 g/mol. The van der Waals surface area contributed by atoms with Crippen LogP contribution < -0.4 is 19.6 Å². The second kappa shape index (κ2) is 8.22. The third kappa shape index (κ3) is 4.25. The smallest absolute Gasteiger partial charge is 0.271 e. The van der Waals surface area contributed by atoms with Crippen molar-refractivity contribution < 1.29 is 19.0 Å². The van der Waals surface area contributed by atoms with Gasteiger partial charge in [0.15, 0.2) is 11.5 Å². The van der Waals surface area contributed by atoms with Crippen LogP contribution in [0.15, 0.2) is 29.4 Å². The van der Waals surface area contributed by atoms with E-state index in [1.807, 2.05) is 0 Å². The SMILES string of the molecule is COc1cc(C(=O)N/N=C\[C@@H]2CC=CCC2)cc(OC)c1OC. The van der Waals surface area contributed by atoms with E-state index >= 15 is 0 Å². The molecule has 1 aliphatic rings. The molecule has 124 valence electrons. The summed E-state index contributed by atoms with van der Waals surface area (Å²) in [5.41, 5.74) is 2.93. The number of ether oxygens (including phenoxy) is 3. The Labute approximate surface area is 136 Å². The van der Waals surface area contributed by atoms with E-state index in [9.17, 15) is 4.79 Å². The Bertz CT molecular complexity index is 586. The summed E-state index contributed by atoms with van der Waals surface area (Å²) >= 11 is 0. The highest BCUT2D eigenvalue weighted by Gasteiger charge is 2.16. The van der Waals surface area contributed by atoms with Crippen LogP contribution in [0.4, 0.5) is 0 Å².